The number of ether oxygens (including phenoxy) is 3. The fourth-order valence-electron chi connectivity index (χ4n) is 3.43. The second-order valence-electron chi connectivity index (χ2n) is 8.56. The molecule has 0 saturated carbocycles. The van der Waals surface area contributed by atoms with Gasteiger partial charge in [-0.3, -0.25) is 4.79 Å². The lowest BCUT2D eigenvalue weighted by molar-refractivity contribution is 0.0734. The third-order valence-corrected chi connectivity index (χ3v) is 5.26. The van der Waals surface area contributed by atoms with E-state index in [1.54, 1.807) is 43.5 Å². The fraction of sp³-hybridized carbons (Fsp3) is 0.185. The van der Waals surface area contributed by atoms with Gasteiger partial charge in [-0.25, -0.2) is 4.79 Å². The monoisotopic (exact) mass is 428 g/mol. The smallest absolute Gasteiger partial charge is 0.343 e. The van der Waals surface area contributed by atoms with Crippen molar-refractivity contribution in [1.29, 1.82) is 0 Å². The standard InChI is InChI=1S/C27H24O5/c1-27(2,3)19-11-9-17(10-12-19)26(29)31-20-13-14-21-23(16-20)32-24(25(21)28)15-18-7-5-6-8-22(18)30-4/h5-16H,1-4H3. The topological polar surface area (TPSA) is 61.8 Å². The van der Waals surface area contributed by atoms with Gasteiger partial charge in [0.05, 0.1) is 18.2 Å². The van der Waals surface area contributed by atoms with Gasteiger partial charge in [-0.1, -0.05) is 51.1 Å². The van der Waals surface area contributed by atoms with E-state index in [1.807, 2.05) is 36.4 Å². The molecular formula is C27H24O5. The van der Waals surface area contributed by atoms with Crippen LogP contribution in [0.5, 0.6) is 17.2 Å². The first-order valence-electron chi connectivity index (χ1n) is 10.3. The van der Waals surface area contributed by atoms with Crippen LogP contribution in [0.25, 0.3) is 6.08 Å². The molecule has 1 aliphatic heterocycles. The Bertz CT molecular complexity index is 1210. The molecule has 162 valence electrons. The van der Waals surface area contributed by atoms with Crippen LogP contribution in [0.4, 0.5) is 0 Å². The minimum absolute atomic E-state index is 0.00128. The number of esters is 1. The SMILES string of the molecule is COc1ccccc1C=C1Oc2cc(OC(=O)c3ccc(C(C)(C)C)cc3)ccc2C1=O. The summed E-state index contributed by atoms with van der Waals surface area (Å²) in [5.41, 5.74) is 2.73. The molecule has 0 fully saturated rings. The third kappa shape index (κ3) is 4.28. The minimum Gasteiger partial charge on any atom is -0.496 e. The molecule has 1 heterocycles. The van der Waals surface area contributed by atoms with Gasteiger partial charge in [-0.05, 0) is 47.4 Å². The van der Waals surface area contributed by atoms with Crippen molar-refractivity contribution in [2.24, 2.45) is 0 Å². The molecule has 1 aliphatic rings. The Balaban J connectivity index is 1.52. The van der Waals surface area contributed by atoms with Gasteiger partial charge < -0.3 is 14.2 Å². The van der Waals surface area contributed by atoms with Crippen LogP contribution < -0.4 is 14.2 Å². The van der Waals surface area contributed by atoms with Gasteiger partial charge in [0.25, 0.3) is 0 Å². The van der Waals surface area contributed by atoms with Gasteiger partial charge in [0, 0.05) is 11.6 Å². The molecule has 0 aromatic heterocycles. The molecule has 4 rings (SSSR count). The second-order valence-corrected chi connectivity index (χ2v) is 8.56. The van der Waals surface area contributed by atoms with Gasteiger partial charge >= 0.3 is 5.97 Å². The number of carbonyl (C=O) groups is 2. The molecule has 0 aliphatic carbocycles. The van der Waals surface area contributed by atoms with E-state index in [9.17, 15) is 9.59 Å². The van der Waals surface area contributed by atoms with Gasteiger partial charge in [0.2, 0.25) is 5.78 Å². The summed E-state index contributed by atoms with van der Waals surface area (Å²) in [6, 6.07) is 19.5. The molecule has 0 N–H and O–H groups in total. The highest BCUT2D eigenvalue weighted by molar-refractivity contribution is 6.14. The van der Waals surface area contributed by atoms with Gasteiger partial charge in [0.15, 0.2) is 5.76 Å². The number of carbonyl (C=O) groups excluding carboxylic acids is 2. The summed E-state index contributed by atoms with van der Waals surface area (Å²) in [5.74, 6) is 0.774. The molecule has 0 amide bonds. The molecule has 32 heavy (non-hydrogen) atoms. The first-order valence-corrected chi connectivity index (χ1v) is 10.3. The van der Waals surface area contributed by atoms with Crippen molar-refractivity contribution >= 4 is 17.8 Å². The van der Waals surface area contributed by atoms with E-state index >= 15 is 0 Å². The van der Waals surface area contributed by atoms with Crippen LogP contribution >= 0.6 is 0 Å². The Hall–Kier alpha value is -3.86. The van der Waals surface area contributed by atoms with E-state index in [2.05, 4.69) is 20.8 Å². The van der Waals surface area contributed by atoms with Crippen molar-refractivity contribution in [3.05, 3.63) is 94.7 Å². The normalized spacial score (nSPS) is 14.1. The van der Waals surface area contributed by atoms with Crippen LogP contribution in [0.2, 0.25) is 0 Å². The fourth-order valence-corrected chi connectivity index (χ4v) is 3.43. The van der Waals surface area contributed by atoms with E-state index in [4.69, 9.17) is 14.2 Å². The summed E-state index contributed by atoms with van der Waals surface area (Å²) in [4.78, 5) is 25.3. The molecule has 3 aromatic carbocycles. The predicted octanol–water partition coefficient (Wildman–Crippen LogP) is 5.83. The Morgan fingerprint density at radius 2 is 1.69 bits per heavy atom. The maximum Gasteiger partial charge on any atom is 0.343 e. The van der Waals surface area contributed by atoms with Crippen molar-refractivity contribution < 1.29 is 23.8 Å². The van der Waals surface area contributed by atoms with Crippen LogP contribution in [0.15, 0.2) is 72.5 Å². The molecule has 5 nitrogen and oxygen atoms in total. The van der Waals surface area contributed by atoms with Crippen molar-refractivity contribution in [3.63, 3.8) is 0 Å². The molecule has 3 aromatic rings. The quantitative estimate of drug-likeness (QED) is 0.297. The first-order chi connectivity index (χ1) is 15.3. The van der Waals surface area contributed by atoms with Crippen LogP contribution in [0.1, 0.15) is 52.6 Å². The highest BCUT2D eigenvalue weighted by atomic mass is 16.5. The largest absolute Gasteiger partial charge is 0.496 e. The van der Waals surface area contributed by atoms with Gasteiger partial charge in [0.1, 0.15) is 17.2 Å². The van der Waals surface area contributed by atoms with Crippen LogP contribution in [0.3, 0.4) is 0 Å². The minimum atomic E-state index is -0.473. The van der Waals surface area contributed by atoms with E-state index in [0.29, 0.717) is 28.4 Å². The number of fused-ring (bicyclic) bond motifs is 1. The molecule has 0 bridgehead atoms. The second kappa shape index (κ2) is 8.35. The highest BCUT2D eigenvalue weighted by Gasteiger charge is 2.28. The lowest BCUT2D eigenvalue weighted by Gasteiger charge is -2.18. The highest BCUT2D eigenvalue weighted by Crippen LogP contribution is 2.36. The van der Waals surface area contributed by atoms with E-state index < -0.39 is 5.97 Å². The summed E-state index contributed by atoms with van der Waals surface area (Å²) < 4.78 is 16.6. The molecule has 0 saturated heterocycles. The molecule has 0 radical (unpaired) electrons. The number of Topliss-reactive ketones (excluding diaryl/α,β-unsaturated/α-hetero) is 1. The molecule has 0 spiro atoms. The van der Waals surface area contributed by atoms with Gasteiger partial charge in [-0.15, -0.1) is 0 Å². The van der Waals surface area contributed by atoms with Crippen molar-refractivity contribution in [3.8, 4) is 17.2 Å². The zero-order chi connectivity index (χ0) is 22.9. The summed E-state index contributed by atoms with van der Waals surface area (Å²) in [6.07, 6.45) is 1.64. The zero-order valence-corrected chi connectivity index (χ0v) is 18.5. The maximum absolute atomic E-state index is 12.7. The first kappa shape index (κ1) is 21.4. The summed E-state index contributed by atoms with van der Waals surface area (Å²) in [5, 5.41) is 0. The van der Waals surface area contributed by atoms with Crippen molar-refractivity contribution in [1.82, 2.24) is 0 Å². The zero-order valence-electron chi connectivity index (χ0n) is 18.5. The van der Waals surface area contributed by atoms with E-state index in [1.165, 1.54) is 0 Å². The lowest BCUT2D eigenvalue weighted by atomic mass is 9.87. The predicted molar refractivity (Wildman–Crippen MR) is 122 cm³/mol. The number of ketones is 1. The summed E-state index contributed by atoms with van der Waals surface area (Å²) >= 11 is 0. The van der Waals surface area contributed by atoms with Gasteiger partial charge in [-0.2, -0.15) is 0 Å². The summed E-state index contributed by atoms with van der Waals surface area (Å²) in [6.45, 7) is 6.34. The van der Waals surface area contributed by atoms with Crippen molar-refractivity contribution in [2.45, 2.75) is 26.2 Å². The maximum atomic E-state index is 12.7. The molecule has 0 unspecified atom stereocenters. The van der Waals surface area contributed by atoms with Crippen LogP contribution in [-0.2, 0) is 5.41 Å². The molecule has 5 heteroatoms. The number of allylic oxidation sites excluding steroid dienone is 1. The van der Waals surface area contributed by atoms with Crippen molar-refractivity contribution in [2.75, 3.05) is 7.11 Å². The van der Waals surface area contributed by atoms with Crippen LogP contribution in [-0.4, -0.2) is 18.9 Å². The van der Waals surface area contributed by atoms with E-state index in [0.717, 1.165) is 11.1 Å². The lowest BCUT2D eigenvalue weighted by Crippen LogP contribution is -2.12. The number of benzene rings is 3. The number of rotatable bonds is 4. The Morgan fingerprint density at radius 1 is 0.969 bits per heavy atom. The molecule has 0 atom stereocenters. The Labute approximate surface area is 187 Å². The van der Waals surface area contributed by atoms with E-state index in [-0.39, 0.29) is 17.0 Å². The number of hydrogen-bond acceptors (Lipinski definition) is 5. The average molecular weight is 428 g/mol. The number of methoxy groups -OCH3 is 1. The number of hydrogen-bond donors (Lipinski definition) is 0. The van der Waals surface area contributed by atoms with Crippen LogP contribution in [0, 0.1) is 0 Å². The third-order valence-electron chi connectivity index (χ3n) is 5.26. The Morgan fingerprint density at radius 3 is 2.38 bits per heavy atom. The number of para-hydroxylation sites is 1. The average Bonchev–Trinajstić information content (AvgIpc) is 3.08. The molecular weight excluding hydrogens is 404 g/mol. The summed E-state index contributed by atoms with van der Waals surface area (Å²) in [7, 11) is 1.57. The Kier molecular flexibility index (Phi) is 5.57.